The number of nitrogens with one attached hydrogen (secondary N) is 5. The Balaban J connectivity index is 1.12. The van der Waals surface area contributed by atoms with Gasteiger partial charge in [-0.2, -0.15) is 0 Å². The first-order valence-electron chi connectivity index (χ1n) is 18.7. The second-order valence-corrected chi connectivity index (χ2v) is 14.0. The zero-order valence-electron chi connectivity index (χ0n) is 30.2. The molecule has 11 heteroatoms. The van der Waals surface area contributed by atoms with E-state index in [0.29, 0.717) is 45.1 Å². The minimum absolute atomic E-state index is 0.227. The van der Waals surface area contributed by atoms with Gasteiger partial charge in [0, 0.05) is 48.4 Å². The maximum atomic E-state index is 14.1. The molecule has 4 aromatic carbocycles. The molecule has 1 aliphatic carbocycles. The Morgan fingerprint density at radius 2 is 1.26 bits per heavy atom. The summed E-state index contributed by atoms with van der Waals surface area (Å²) in [6.45, 7) is 0.635. The van der Waals surface area contributed by atoms with E-state index in [-0.39, 0.29) is 18.9 Å². The van der Waals surface area contributed by atoms with E-state index in [2.05, 4.69) is 50.5 Å². The minimum Gasteiger partial charge on any atom is -0.481 e. The Hall–Kier alpha value is -5.97. The average Bonchev–Trinajstić information content (AvgIpc) is 3.60. The number of carboxylic acids is 1. The van der Waals surface area contributed by atoms with Crippen molar-refractivity contribution in [2.75, 3.05) is 13.1 Å². The molecular formula is C43H47N5O6. The number of H-pyrrole nitrogens is 1. The third-order valence-corrected chi connectivity index (χ3v) is 10.3. The van der Waals surface area contributed by atoms with Gasteiger partial charge in [0.2, 0.25) is 23.6 Å². The van der Waals surface area contributed by atoms with E-state index in [0.717, 1.165) is 38.4 Å². The normalized spacial score (nSPS) is 16.6. The molecule has 1 aliphatic rings. The topological polar surface area (TPSA) is 169 Å². The highest BCUT2D eigenvalue weighted by Gasteiger charge is 2.39. The number of hydrogen-bond donors (Lipinski definition) is 6. The SMILES string of the molecule is O=C(O)C[C@@H](NC(=O)[C@@H]1CCCC[C@H]1C(=O)N[C@@H](Cc1c[nH]c2ccccc12)C(=O)NCCc1ccc2ccccc2c1)C(=O)NCCc1ccccc1. The predicted molar refractivity (Wildman–Crippen MR) is 207 cm³/mol. The number of hydrogen-bond acceptors (Lipinski definition) is 5. The molecule has 1 aromatic heterocycles. The number of aromatic amines is 1. The van der Waals surface area contributed by atoms with Crippen molar-refractivity contribution < 1.29 is 29.1 Å². The Morgan fingerprint density at radius 3 is 1.96 bits per heavy atom. The first-order chi connectivity index (χ1) is 26.2. The van der Waals surface area contributed by atoms with Crippen molar-refractivity contribution in [2.24, 2.45) is 11.8 Å². The van der Waals surface area contributed by atoms with Gasteiger partial charge >= 0.3 is 5.97 Å². The molecule has 1 fully saturated rings. The monoisotopic (exact) mass is 729 g/mol. The summed E-state index contributed by atoms with van der Waals surface area (Å²) in [5.41, 5.74) is 3.87. The van der Waals surface area contributed by atoms with Crippen LogP contribution in [0.25, 0.3) is 21.7 Å². The summed E-state index contributed by atoms with van der Waals surface area (Å²) in [4.78, 5) is 69.7. The Bertz CT molecular complexity index is 2100. The quantitative estimate of drug-likeness (QED) is 0.0850. The van der Waals surface area contributed by atoms with Crippen LogP contribution in [0.2, 0.25) is 0 Å². The molecule has 1 saturated carbocycles. The van der Waals surface area contributed by atoms with Gasteiger partial charge in [-0.05, 0) is 59.2 Å². The summed E-state index contributed by atoms with van der Waals surface area (Å²) < 4.78 is 0. The molecule has 0 unspecified atom stereocenters. The number of amides is 4. The van der Waals surface area contributed by atoms with E-state index >= 15 is 0 Å². The minimum atomic E-state index is -1.31. The smallest absolute Gasteiger partial charge is 0.305 e. The van der Waals surface area contributed by atoms with E-state index in [1.807, 2.05) is 79.0 Å². The summed E-state index contributed by atoms with van der Waals surface area (Å²) in [5.74, 6) is -4.70. The van der Waals surface area contributed by atoms with Gasteiger partial charge in [0.1, 0.15) is 12.1 Å². The van der Waals surface area contributed by atoms with Crippen molar-refractivity contribution in [1.82, 2.24) is 26.3 Å². The molecule has 280 valence electrons. The molecule has 0 bridgehead atoms. The van der Waals surface area contributed by atoms with Crippen LogP contribution >= 0.6 is 0 Å². The molecule has 0 spiro atoms. The third kappa shape index (κ3) is 9.91. The van der Waals surface area contributed by atoms with E-state index in [1.54, 1.807) is 0 Å². The molecule has 4 amide bonds. The van der Waals surface area contributed by atoms with Gasteiger partial charge < -0.3 is 31.4 Å². The summed E-state index contributed by atoms with van der Waals surface area (Å²) in [7, 11) is 0. The van der Waals surface area contributed by atoms with Crippen molar-refractivity contribution in [1.29, 1.82) is 0 Å². The van der Waals surface area contributed by atoms with Crippen molar-refractivity contribution in [3.05, 3.63) is 120 Å². The van der Waals surface area contributed by atoms with Crippen LogP contribution in [-0.2, 0) is 43.2 Å². The first-order valence-corrected chi connectivity index (χ1v) is 18.7. The number of rotatable bonds is 16. The molecule has 54 heavy (non-hydrogen) atoms. The molecule has 0 saturated heterocycles. The Labute approximate surface area is 314 Å². The van der Waals surface area contributed by atoms with E-state index in [9.17, 15) is 29.1 Å². The van der Waals surface area contributed by atoms with Crippen molar-refractivity contribution in [3.8, 4) is 0 Å². The van der Waals surface area contributed by atoms with Crippen LogP contribution < -0.4 is 21.3 Å². The molecule has 5 aromatic rings. The fourth-order valence-electron chi connectivity index (χ4n) is 7.38. The van der Waals surface area contributed by atoms with Crippen LogP contribution in [0.5, 0.6) is 0 Å². The number of carboxylic acid groups (broad SMARTS) is 1. The van der Waals surface area contributed by atoms with Crippen LogP contribution in [-0.4, -0.2) is 64.9 Å². The number of para-hydroxylation sites is 1. The van der Waals surface area contributed by atoms with Crippen LogP contribution in [0.1, 0.15) is 48.8 Å². The van der Waals surface area contributed by atoms with E-state index in [1.165, 1.54) is 0 Å². The van der Waals surface area contributed by atoms with Crippen molar-refractivity contribution in [3.63, 3.8) is 0 Å². The highest BCUT2D eigenvalue weighted by atomic mass is 16.4. The number of fused-ring (bicyclic) bond motifs is 2. The van der Waals surface area contributed by atoms with Gasteiger partial charge in [0.15, 0.2) is 0 Å². The Kier molecular flexibility index (Phi) is 12.7. The highest BCUT2D eigenvalue weighted by molar-refractivity contribution is 5.95. The molecule has 4 atom stereocenters. The Morgan fingerprint density at radius 1 is 0.667 bits per heavy atom. The summed E-state index contributed by atoms with van der Waals surface area (Å²) in [5, 5.41) is 24.2. The standard InChI is InChI=1S/C43H47N5O6/c49-39(50)26-38(43(54)44-22-20-28-10-2-1-3-11-28)48-41(52)35-16-7-6-15-34(35)40(51)47-37(25-32-27-46-36-17-9-8-14-33(32)36)42(53)45-23-21-29-18-19-30-12-4-5-13-31(30)24-29/h1-5,8-14,17-19,24,27,34-35,37-38,46H,6-7,15-16,20-23,25-26H2,(H,44,54)(H,45,53)(H,47,51)(H,48,52)(H,49,50)/t34-,35-,37+,38-/m1/s1. The zero-order chi connectivity index (χ0) is 37.9. The molecule has 6 N–H and O–H groups in total. The summed E-state index contributed by atoms with van der Waals surface area (Å²) in [6, 6.07) is 29.4. The highest BCUT2D eigenvalue weighted by Crippen LogP contribution is 2.31. The first kappa shape index (κ1) is 37.8. The van der Waals surface area contributed by atoms with Gasteiger partial charge in [-0.25, -0.2) is 0 Å². The lowest BCUT2D eigenvalue weighted by Gasteiger charge is -2.32. The molecule has 11 nitrogen and oxygen atoms in total. The van der Waals surface area contributed by atoms with E-state index < -0.39 is 54.0 Å². The second-order valence-electron chi connectivity index (χ2n) is 14.0. The fourth-order valence-corrected chi connectivity index (χ4v) is 7.38. The van der Waals surface area contributed by atoms with Gasteiger partial charge in [-0.15, -0.1) is 0 Å². The van der Waals surface area contributed by atoms with Gasteiger partial charge in [0.25, 0.3) is 0 Å². The molecule has 0 radical (unpaired) electrons. The number of carbonyl (C=O) groups excluding carboxylic acids is 4. The van der Waals surface area contributed by atoms with Crippen molar-refractivity contribution >= 4 is 51.3 Å². The van der Waals surface area contributed by atoms with Crippen LogP contribution in [0.4, 0.5) is 0 Å². The lowest BCUT2D eigenvalue weighted by molar-refractivity contribution is -0.142. The molecule has 1 heterocycles. The number of carbonyl (C=O) groups is 5. The number of aliphatic carboxylic acids is 1. The fraction of sp³-hybridized carbons (Fsp3) is 0.326. The van der Waals surface area contributed by atoms with Crippen molar-refractivity contribution in [2.45, 2.75) is 63.5 Å². The summed E-state index contributed by atoms with van der Waals surface area (Å²) >= 11 is 0. The largest absolute Gasteiger partial charge is 0.481 e. The third-order valence-electron chi connectivity index (χ3n) is 10.3. The number of aromatic nitrogens is 1. The van der Waals surface area contributed by atoms with Gasteiger partial charge in [-0.3, -0.25) is 24.0 Å². The van der Waals surface area contributed by atoms with Crippen LogP contribution in [0.15, 0.2) is 103 Å². The van der Waals surface area contributed by atoms with Crippen LogP contribution in [0, 0.1) is 11.8 Å². The second kappa shape index (κ2) is 18.2. The van der Waals surface area contributed by atoms with Gasteiger partial charge in [-0.1, -0.05) is 104 Å². The lowest BCUT2D eigenvalue weighted by Crippen LogP contribution is -2.54. The number of benzene rings is 4. The molecule has 6 rings (SSSR count). The maximum Gasteiger partial charge on any atom is 0.305 e. The van der Waals surface area contributed by atoms with E-state index in [4.69, 9.17) is 0 Å². The van der Waals surface area contributed by atoms with Crippen LogP contribution in [0.3, 0.4) is 0 Å². The summed E-state index contributed by atoms with van der Waals surface area (Å²) in [6.07, 6.45) is 4.84. The molecular weight excluding hydrogens is 683 g/mol. The molecule has 0 aliphatic heterocycles. The predicted octanol–water partition coefficient (Wildman–Crippen LogP) is 4.83. The maximum absolute atomic E-state index is 14.1. The lowest BCUT2D eigenvalue weighted by atomic mass is 9.77. The average molecular weight is 730 g/mol. The van der Waals surface area contributed by atoms with Gasteiger partial charge in [0.05, 0.1) is 6.42 Å². The zero-order valence-corrected chi connectivity index (χ0v) is 30.2.